The highest BCUT2D eigenvalue weighted by Crippen LogP contribution is 2.09. The fourth-order valence-electron chi connectivity index (χ4n) is 1.87. The SMILES string of the molecule is COCC[C@@H](C)NC(=O)CCCNS(=O)(=O)c1ccc(F)cc1. The van der Waals surface area contributed by atoms with Crippen molar-refractivity contribution in [3.63, 3.8) is 0 Å². The van der Waals surface area contributed by atoms with Crippen LogP contribution in [0, 0.1) is 5.82 Å². The van der Waals surface area contributed by atoms with Crippen LogP contribution < -0.4 is 10.0 Å². The molecule has 0 aliphatic rings. The molecule has 0 fully saturated rings. The van der Waals surface area contributed by atoms with Crippen LogP contribution in [-0.2, 0) is 19.6 Å². The summed E-state index contributed by atoms with van der Waals surface area (Å²) < 4.78 is 44.0. The van der Waals surface area contributed by atoms with E-state index in [9.17, 15) is 17.6 Å². The summed E-state index contributed by atoms with van der Waals surface area (Å²) in [7, 11) is -2.08. The molecule has 0 unspecified atom stereocenters. The molecule has 1 amide bonds. The third-order valence-electron chi connectivity index (χ3n) is 3.16. The van der Waals surface area contributed by atoms with Crippen molar-refractivity contribution in [3.05, 3.63) is 30.1 Å². The molecule has 0 saturated carbocycles. The van der Waals surface area contributed by atoms with Gasteiger partial charge in [-0.3, -0.25) is 4.79 Å². The number of methoxy groups -OCH3 is 1. The molecule has 0 saturated heterocycles. The minimum atomic E-state index is -3.67. The van der Waals surface area contributed by atoms with Crippen LogP contribution in [0.2, 0.25) is 0 Å². The molecule has 0 aromatic heterocycles. The third kappa shape index (κ3) is 7.54. The maximum absolute atomic E-state index is 12.8. The zero-order valence-electron chi connectivity index (χ0n) is 13.3. The van der Waals surface area contributed by atoms with Crippen LogP contribution in [0.1, 0.15) is 26.2 Å². The zero-order valence-corrected chi connectivity index (χ0v) is 14.2. The number of amides is 1. The van der Waals surface area contributed by atoms with Crippen LogP contribution in [0.25, 0.3) is 0 Å². The normalized spacial score (nSPS) is 12.8. The van der Waals surface area contributed by atoms with Gasteiger partial charge in [0.05, 0.1) is 4.90 Å². The van der Waals surface area contributed by atoms with Crippen molar-refractivity contribution in [3.8, 4) is 0 Å². The van der Waals surface area contributed by atoms with E-state index >= 15 is 0 Å². The van der Waals surface area contributed by atoms with Gasteiger partial charge in [0.1, 0.15) is 5.82 Å². The lowest BCUT2D eigenvalue weighted by Crippen LogP contribution is -2.34. The van der Waals surface area contributed by atoms with Crippen molar-refractivity contribution in [1.29, 1.82) is 0 Å². The summed E-state index contributed by atoms with van der Waals surface area (Å²) >= 11 is 0. The first-order valence-corrected chi connectivity index (χ1v) is 8.87. The fourth-order valence-corrected chi connectivity index (χ4v) is 2.94. The second kappa shape index (κ2) is 9.59. The fraction of sp³-hybridized carbons (Fsp3) is 0.533. The van der Waals surface area contributed by atoms with Gasteiger partial charge in [-0.2, -0.15) is 0 Å². The average molecular weight is 346 g/mol. The standard InChI is InChI=1S/C15H23FN2O4S/c1-12(9-11-22-2)18-15(19)4-3-10-17-23(20,21)14-7-5-13(16)6-8-14/h5-8,12,17H,3-4,9-11H2,1-2H3,(H,18,19)/t12-/m1/s1. The smallest absolute Gasteiger partial charge is 0.240 e. The highest BCUT2D eigenvalue weighted by molar-refractivity contribution is 7.89. The maximum atomic E-state index is 12.8. The molecule has 8 heteroatoms. The van der Waals surface area contributed by atoms with Crippen LogP contribution in [0.5, 0.6) is 0 Å². The van der Waals surface area contributed by atoms with Crippen molar-refractivity contribution >= 4 is 15.9 Å². The summed E-state index contributed by atoms with van der Waals surface area (Å²) in [5.41, 5.74) is 0. The van der Waals surface area contributed by atoms with Crippen LogP contribution in [0.4, 0.5) is 4.39 Å². The van der Waals surface area contributed by atoms with E-state index in [1.54, 1.807) is 7.11 Å². The van der Waals surface area contributed by atoms with Crippen molar-refractivity contribution in [2.75, 3.05) is 20.3 Å². The number of carbonyl (C=O) groups excluding carboxylic acids is 1. The zero-order chi connectivity index (χ0) is 17.3. The quantitative estimate of drug-likeness (QED) is 0.628. The predicted molar refractivity (Wildman–Crippen MR) is 84.9 cm³/mol. The average Bonchev–Trinajstić information content (AvgIpc) is 2.50. The van der Waals surface area contributed by atoms with Gasteiger partial charge in [-0.25, -0.2) is 17.5 Å². The van der Waals surface area contributed by atoms with E-state index in [4.69, 9.17) is 4.74 Å². The monoisotopic (exact) mass is 346 g/mol. The minimum Gasteiger partial charge on any atom is -0.385 e. The molecule has 2 N–H and O–H groups in total. The Balaban J connectivity index is 2.31. The topological polar surface area (TPSA) is 84.5 Å². The highest BCUT2D eigenvalue weighted by atomic mass is 32.2. The van der Waals surface area contributed by atoms with Crippen molar-refractivity contribution in [2.45, 2.75) is 37.1 Å². The molecule has 1 aromatic carbocycles. The number of nitrogens with one attached hydrogen (secondary N) is 2. The second-order valence-electron chi connectivity index (χ2n) is 5.21. The number of benzene rings is 1. The molecule has 23 heavy (non-hydrogen) atoms. The van der Waals surface area contributed by atoms with Crippen molar-refractivity contribution in [2.24, 2.45) is 0 Å². The Kier molecular flexibility index (Phi) is 8.15. The lowest BCUT2D eigenvalue weighted by molar-refractivity contribution is -0.121. The van der Waals surface area contributed by atoms with Gasteiger partial charge in [0.2, 0.25) is 15.9 Å². The van der Waals surface area contributed by atoms with E-state index in [1.165, 1.54) is 12.1 Å². The Hall–Kier alpha value is -1.51. The Morgan fingerprint density at radius 1 is 1.30 bits per heavy atom. The van der Waals surface area contributed by atoms with Crippen molar-refractivity contribution < 1.29 is 22.3 Å². The summed E-state index contributed by atoms with van der Waals surface area (Å²) in [6.45, 7) is 2.59. The Bertz CT molecular complexity index is 590. The Morgan fingerprint density at radius 2 is 1.96 bits per heavy atom. The molecule has 0 radical (unpaired) electrons. The van der Waals surface area contributed by atoms with Crippen LogP contribution in [0.3, 0.4) is 0 Å². The van der Waals surface area contributed by atoms with Crippen molar-refractivity contribution in [1.82, 2.24) is 10.0 Å². The van der Waals surface area contributed by atoms with Gasteiger partial charge >= 0.3 is 0 Å². The second-order valence-corrected chi connectivity index (χ2v) is 6.97. The number of hydrogen-bond donors (Lipinski definition) is 2. The highest BCUT2D eigenvalue weighted by Gasteiger charge is 2.13. The minimum absolute atomic E-state index is 0.00320. The summed E-state index contributed by atoms with van der Waals surface area (Å²) in [6, 6.07) is 4.58. The van der Waals surface area contributed by atoms with Crippen LogP contribution >= 0.6 is 0 Å². The number of carbonyl (C=O) groups is 1. The molecule has 0 bridgehead atoms. The molecule has 6 nitrogen and oxygen atoms in total. The largest absolute Gasteiger partial charge is 0.385 e. The van der Waals surface area contributed by atoms with Gasteiger partial charge in [-0.05, 0) is 44.0 Å². The first-order valence-electron chi connectivity index (χ1n) is 7.38. The van der Waals surface area contributed by atoms with Gasteiger partial charge in [0.25, 0.3) is 0 Å². The summed E-state index contributed by atoms with van der Waals surface area (Å²) in [5.74, 6) is -0.627. The summed E-state index contributed by atoms with van der Waals surface area (Å²) in [6.07, 6.45) is 1.33. The molecule has 0 heterocycles. The van der Waals surface area contributed by atoms with Crippen LogP contribution in [-0.4, -0.2) is 40.6 Å². The lowest BCUT2D eigenvalue weighted by atomic mass is 10.2. The number of sulfonamides is 1. The van der Waals surface area contributed by atoms with Gasteiger partial charge in [0.15, 0.2) is 0 Å². The van der Waals surface area contributed by atoms with Crippen LogP contribution in [0.15, 0.2) is 29.2 Å². The molecular weight excluding hydrogens is 323 g/mol. The molecule has 0 aliphatic heterocycles. The maximum Gasteiger partial charge on any atom is 0.240 e. The third-order valence-corrected chi connectivity index (χ3v) is 4.64. The van der Waals surface area contributed by atoms with Gasteiger partial charge in [0, 0.05) is 32.7 Å². The van der Waals surface area contributed by atoms with E-state index in [2.05, 4.69) is 10.0 Å². The Morgan fingerprint density at radius 3 is 2.57 bits per heavy atom. The van der Waals surface area contributed by atoms with Gasteiger partial charge < -0.3 is 10.1 Å². The molecule has 1 aromatic rings. The van der Waals surface area contributed by atoms with Gasteiger partial charge in [-0.1, -0.05) is 0 Å². The summed E-state index contributed by atoms with van der Waals surface area (Å²) in [4.78, 5) is 11.7. The van der Waals surface area contributed by atoms with Gasteiger partial charge in [-0.15, -0.1) is 0 Å². The van der Waals surface area contributed by atoms with E-state index in [1.807, 2.05) is 6.92 Å². The molecule has 1 rings (SSSR count). The van der Waals surface area contributed by atoms with E-state index in [0.29, 0.717) is 13.0 Å². The predicted octanol–water partition coefficient (Wildman–Crippen LogP) is 1.43. The number of ether oxygens (including phenoxy) is 1. The number of halogens is 1. The first kappa shape index (κ1) is 19.5. The molecule has 130 valence electrons. The number of rotatable bonds is 10. The molecule has 0 aliphatic carbocycles. The van der Waals surface area contributed by atoms with E-state index in [0.717, 1.165) is 18.6 Å². The lowest BCUT2D eigenvalue weighted by Gasteiger charge is -2.13. The molecular formula is C15H23FN2O4S. The Labute approximate surface area is 136 Å². The molecule has 0 spiro atoms. The van der Waals surface area contributed by atoms with E-state index < -0.39 is 15.8 Å². The molecule has 1 atom stereocenters. The van der Waals surface area contributed by atoms with E-state index in [-0.39, 0.29) is 29.8 Å². The summed E-state index contributed by atoms with van der Waals surface area (Å²) in [5, 5.41) is 2.81. The number of hydrogen-bond acceptors (Lipinski definition) is 4. The first-order chi connectivity index (χ1) is 10.8.